The van der Waals surface area contributed by atoms with Gasteiger partial charge in [-0.15, -0.1) is 0 Å². The molecule has 0 unspecified atom stereocenters. The Hall–Kier alpha value is -2.62. The number of ketones is 1. The number of methoxy groups -OCH3 is 1. The van der Waals surface area contributed by atoms with Gasteiger partial charge in [0, 0.05) is 6.07 Å². The third-order valence-electron chi connectivity index (χ3n) is 2.78. The van der Waals surface area contributed by atoms with Crippen molar-refractivity contribution in [1.29, 1.82) is 0 Å². The molecule has 0 fully saturated rings. The number of esters is 1. The topological polar surface area (TPSA) is 52.6 Å². The first kappa shape index (κ1) is 13.8. The maximum atomic E-state index is 12.0. The molecule has 0 saturated carbocycles. The molecule has 102 valence electrons. The molecule has 0 bridgehead atoms. The van der Waals surface area contributed by atoms with Crippen molar-refractivity contribution in [2.75, 3.05) is 7.11 Å². The van der Waals surface area contributed by atoms with Crippen LogP contribution in [0.3, 0.4) is 0 Å². The molecule has 4 nitrogen and oxygen atoms in total. The maximum absolute atomic E-state index is 12.0. The van der Waals surface area contributed by atoms with Gasteiger partial charge in [0.05, 0.1) is 18.2 Å². The zero-order chi connectivity index (χ0) is 14.5. The average molecular weight is 270 g/mol. The van der Waals surface area contributed by atoms with E-state index in [0.29, 0.717) is 16.9 Å². The molecule has 0 aliphatic heterocycles. The van der Waals surface area contributed by atoms with Crippen molar-refractivity contribution in [3.63, 3.8) is 0 Å². The summed E-state index contributed by atoms with van der Waals surface area (Å²) in [6.45, 7) is 1.42. The number of rotatable bonds is 4. The van der Waals surface area contributed by atoms with Crippen LogP contribution in [0.4, 0.5) is 0 Å². The van der Waals surface area contributed by atoms with Crippen molar-refractivity contribution in [1.82, 2.24) is 0 Å². The second kappa shape index (κ2) is 6.02. The van der Waals surface area contributed by atoms with E-state index >= 15 is 0 Å². The van der Waals surface area contributed by atoms with Crippen molar-refractivity contribution in [2.24, 2.45) is 0 Å². The van der Waals surface area contributed by atoms with Crippen LogP contribution in [0.2, 0.25) is 0 Å². The molecule has 0 saturated heterocycles. The van der Waals surface area contributed by atoms with E-state index < -0.39 is 5.97 Å². The lowest BCUT2D eigenvalue weighted by Gasteiger charge is -2.10. The lowest BCUT2D eigenvalue weighted by atomic mass is 10.1. The number of hydrogen-bond acceptors (Lipinski definition) is 4. The summed E-state index contributed by atoms with van der Waals surface area (Å²) in [7, 11) is 1.51. The molecular formula is C16H14O4. The van der Waals surface area contributed by atoms with Crippen LogP contribution in [0.15, 0.2) is 48.5 Å². The third kappa shape index (κ3) is 3.03. The Kier molecular flexibility index (Phi) is 4.15. The van der Waals surface area contributed by atoms with Crippen LogP contribution in [0.25, 0.3) is 0 Å². The molecular weight excluding hydrogens is 256 g/mol. The minimum atomic E-state index is -0.513. The van der Waals surface area contributed by atoms with Gasteiger partial charge in [0.25, 0.3) is 0 Å². The molecule has 0 amide bonds. The van der Waals surface area contributed by atoms with E-state index in [1.165, 1.54) is 20.1 Å². The minimum Gasteiger partial charge on any atom is -0.497 e. The molecule has 0 spiro atoms. The van der Waals surface area contributed by atoms with Crippen LogP contribution < -0.4 is 9.47 Å². The smallest absolute Gasteiger partial charge is 0.343 e. The fourth-order valence-corrected chi connectivity index (χ4v) is 1.74. The quantitative estimate of drug-likeness (QED) is 0.486. The number of benzene rings is 2. The molecule has 0 aromatic heterocycles. The summed E-state index contributed by atoms with van der Waals surface area (Å²) in [5.41, 5.74) is 0.764. The lowest BCUT2D eigenvalue weighted by molar-refractivity contribution is 0.0732. The molecule has 0 N–H and O–H groups in total. The van der Waals surface area contributed by atoms with Gasteiger partial charge in [-0.2, -0.15) is 0 Å². The van der Waals surface area contributed by atoms with Crippen LogP contribution in [0.1, 0.15) is 27.6 Å². The predicted molar refractivity (Wildman–Crippen MR) is 74.4 cm³/mol. The summed E-state index contributed by atoms with van der Waals surface area (Å²) in [6, 6.07) is 13.3. The fraction of sp³-hybridized carbons (Fsp3) is 0.125. The van der Waals surface area contributed by atoms with Crippen LogP contribution in [-0.4, -0.2) is 18.9 Å². The summed E-state index contributed by atoms with van der Waals surface area (Å²) in [5.74, 6) is 0.0291. The first-order chi connectivity index (χ1) is 9.61. The van der Waals surface area contributed by atoms with E-state index in [-0.39, 0.29) is 11.5 Å². The predicted octanol–water partition coefficient (Wildman–Crippen LogP) is 3.12. The van der Waals surface area contributed by atoms with E-state index in [2.05, 4.69) is 0 Å². The molecule has 0 heterocycles. The van der Waals surface area contributed by atoms with E-state index in [9.17, 15) is 9.59 Å². The van der Waals surface area contributed by atoms with Crippen LogP contribution in [0, 0.1) is 0 Å². The van der Waals surface area contributed by atoms with Crippen molar-refractivity contribution >= 4 is 11.8 Å². The molecule has 20 heavy (non-hydrogen) atoms. The Labute approximate surface area is 116 Å². The highest BCUT2D eigenvalue weighted by Crippen LogP contribution is 2.26. The Morgan fingerprint density at radius 2 is 1.70 bits per heavy atom. The molecule has 0 aliphatic carbocycles. The molecule has 4 heteroatoms. The highest BCUT2D eigenvalue weighted by molar-refractivity contribution is 5.99. The SMILES string of the molecule is COc1ccc(C(C)=O)c(OC(=O)c2ccccc2)c1. The summed E-state index contributed by atoms with van der Waals surface area (Å²) < 4.78 is 10.4. The highest BCUT2D eigenvalue weighted by Gasteiger charge is 2.15. The van der Waals surface area contributed by atoms with Gasteiger partial charge in [0.1, 0.15) is 11.5 Å². The maximum Gasteiger partial charge on any atom is 0.343 e. The normalized spacial score (nSPS) is 9.90. The van der Waals surface area contributed by atoms with E-state index in [1.54, 1.807) is 36.4 Å². The van der Waals surface area contributed by atoms with Gasteiger partial charge < -0.3 is 9.47 Å². The van der Waals surface area contributed by atoms with Crippen LogP contribution in [0.5, 0.6) is 11.5 Å². The number of ether oxygens (including phenoxy) is 2. The number of hydrogen-bond donors (Lipinski definition) is 0. The molecule has 2 aromatic carbocycles. The number of carbonyl (C=O) groups is 2. The first-order valence-corrected chi connectivity index (χ1v) is 6.08. The van der Waals surface area contributed by atoms with Crippen LogP contribution in [-0.2, 0) is 0 Å². The van der Waals surface area contributed by atoms with Crippen molar-refractivity contribution in [2.45, 2.75) is 6.92 Å². The van der Waals surface area contributed by atoms with Gasteiger partial charge in [-0.1, -0.05) is 18.2 Å². The average Bonchev–Trinajstić information content (AvgIpc) is 2.47. The summed E-state index contributed by atoms with van der Waals surface area (Å²) >= 11 is 0. The van der Waals surface area contributed by atoms with E-state index in [0.717, 1.165) is 0 Å². The standard InChI is InChI=1S/C16H14O4/c1-11(17)14-9-8-13(19-2)10-15(14)20-16(18)12-6-4-3-5-7-12/h3-10H,1-2H3. The zero-order valence-electron chi connectivity index (χ0n) is 11.3. The number of Topliss-reactive ketones (excluding diaryl/α,β-unsaturated/α-hetero) is 1. The molecule has 2 rings (SSSR count). The summed E-state index contributed by atoms with van der Waals surface area (Å²) in [5, 5.41) is 0. The minimum absolute atomic E-state index is 0.177. The van der Waals surface area contributed by atoms with Gasteiger partial charge in [-0.05, 0) is 31.2 Å². The van der Waals surface area contributed by atoms with Gasteiger partial charge >= 0.3 is 5.97 Å². The summed E-state index contributed by atoms with van der Waals surface area (Å²) in [4.78, 5) is 23.6. The molecule has 2 aromatic rings. The van der Waals surface area contributed by atoms with Crippen molar-refractivity contribution < 1.29 is 19.1 Å². The lowest BCUT2D eigenvalue weighted by Crippen LogP contribution is -2.11. The second-order valence-electron chi connectivity index (χ2n) is 4.17. The zero-order valence-corrected chi connectivity index (χ0v) is 11.3. The Morgan fingerprint density at radius 3 is 2.30 bits per heavy atom. The highest BCUT2D eigenvalue weighted by atomic mass is 16.5. The fourth-order valence-electron chi connectivity index (χ4n) is 1.74. The molecule has 0 radical (unpaired) electrons. The van der Waals surface area contributed by atoms with Gasteiger partial charge in [0.15, 0.2) is 5.78 Å². The molecule has 0 atom stereocenters. The first-order valence-electron chi connectivity index (χ1n) is 6.08. The largest absolute Gasteiger partial charge is 0.497 e. The monoisotopic (exact) mass is 270 g/mol. The third-order valence-corrected chi connectivity index (χ3v) is 2.78. The Balaban J connectivity index is 2.32. The van der Waals surface area contributed by atoms with Crippen LogP contribution >= 0.6 is 0 Å². The summed E-state index contributed by atoms with van der Waals surface area (Å²) in [6.07, 6.45) is 0. The van der Waals surface area contributed by atoms with Gasteiger partial charge in [-0.3, -0.25) is 4.79 Å². The van der Waals surface area contributed by atoms with Gasteiger partial charge in [0.2, 0.25) is 0 Å². The van der Waals surface area contributed by atoms with E-state index in [1.807, 2.05) is 6.07 Å². The Morgan fingerprint density at radius 1 is 1.00 bits per heavy atom. The number of carbonyl (C=O) groups excluding carboxylic acids is 2. The van der Waals surface area contributed by atoms with Crippen molar-refractivity contribution in [3.05, 3.63) is 59.7 Å². The van der Waals surface area contributed by atoms with E-state index in [4.69, 9.17) is 9.47 Å². The second-order valence-corrected chi connectivity index (χ2v) is 4.17. The van der Waals surface area contributed by atoms with Gasteiger partial charge in [-0.25, -0.2) is 4.79 Å². The molecule has 0 aliphatic rings. The Bertz CT molecular complexity index is 632. The van der Waals surface area contributed by atoms with Crippen molar-refractivity contribution in [3.8, 4) is 11.5 Å².